The van der Waals surface area contributed by atoms with Crippen LogP contribution in [0.25, 0.3) is 23.0 Å². The van der Waals surface area contributed by atoms with Crippen LogP contribution in [0.4, 0.5) is 0 Å². The monoisotopic (exact) mass is 554 g/mol. The second-order valence-electron chi connectivity index (χ2n) is 9.06. The molecule has 2 aromatic carbocycles. The van der Waals surface area contributed by atoms with Crippen LogP contribution in [-0.2, 0) is 19.6 Å². The maximum atomic E-state index is 13.5. The summed E-state index contributed by atoms with van der Waals surface area (Å²) in [6.45, 7) is 4.33. The number of hydrogen-bond donors (Lipinski definition) is 0. The first kappa shape index (κ1) is 25.8. The second-order valence-corrected chi connectivity index (χ2v) is 12.7. The van der Waals surface area contributed by atoms with Gasteiger partial charge in [-0.1, -0.05) is 54.3 Å². The fraction of sp³-hybridized carbons (Fsp3) is 0.269. The van der Waals surface area contributed by atoms with E-state index in [0.717, 1.165) is 5.69 Å². The van der Waals surface area contributed by atoms with Gasteiger partial charge < -0.3 is 4.74 Å². The highest BCUT2D eigenvalue weighted by Crippen LogP contribution is 2.35. The molecule has 1 aromatic heterocycles. The van der Waals surface area contributed by atoms with E-state index in [-0.39, 0.29) is 23.0 Å². The highest BCUT2D eigenvalue weighted by atomic mass is 32.2. The Morgan fingerprint density at radius 2 is 1.78 bits per heavy atom. The first-order valence-corrected chi connectivity index (χ1v) is 14.4. The van der Waals surface area contributed by atoms with E-state index in [0.29, 0.717) is 39.1 Å². The Morgan fingerprint density at radius 3 is 2.43 bits per heavy atom. The molecule has 1 amide bonds. The van der Waals surface area contributed by atoms with E-state index < -0.39 is 10.0 Å². The smallest absolute Gasteiger partial charge is 0.265 e. The molecule has 192 valence electrons. The number of carbonyl (C=O) groups excluding carboxylic acids is 1. The number of amides is 1. The van der Waals surface area contributed by atoms with Crippen molar-refractivity contribution < 1.29 is 17.9 Å². The number of para-hydroxylation sites is 1. The number of ether oxygens (including phenoxy) is 1. The van der Waals surface area contributed by atoms with Gasteiger partial charge in [-0.05, 0) is 44.2 Å². The molecule has 0 saturated carbocycles. The number of rotatable bonds is 5. The molecule has 2 atom stereocenters. The summed E-state index contributed by atoms with van der Waals surface area (Å²) in [6, 6.07) is 16.4. The van der Waals surface area contributed by atoms with Gasteiger partial charge in [-0.2, -0.15) is 9.40 Å². The van der Waals surface area contributed by atoms with Crippen molar-refractivity contribution in [2.24, 2.45) is 0 Å². The van der Waals surface area contributed by atoms with Crippen molar-refractivity contribution in [1.29, 1.82) is 0 Å². The number of thioether (sulfide) groups is 1. The fourth-order valence-corrected chi connectivity index (χ4v) is 7.20. The number of nitrogens with zero attached hydrogens (tertiary/aromatic N) is 4. The molecule has 3 heterocycles. The summed E-state index contributed by atoms with van der Waals surface area (Å²) in [4.78, 5) is 14.8. The van der Waals surface area contributed by atoms with Crippen LogP contribution in [0.3, 0.4) is 0 Å². The Kier molecular flexibility index (Phi) is 7.08. The summed E-state index contributed by atoms with van der Waals surface area (Å²) in [7, 11) is -2.09. The van der Waals surface area contributed by atoms with Crippen molar-refractivity contribution in [2.75, 3.05) is 20.1 Å². The maximum Gasteiger partial charge on any atom is 0.265 e. The lowest BCUT2D eigenvalue weighted by atomic mass is 10.1. The van der Waals surface area contributed by atoms with Crippen molar-refractivity contribution in [3.8, 4) is 16.9 Å². The summed E-state index contributed by atoms with van der Waals surface area (Å²) in [5, 5.41) is 4.79. The van der Waals surface area contributed by atoms with Crippen LogP contribution < -0.4 is 0 Å². The summed E-state index contributed by atoms with van der Waals surface area (Å²) in [5.41, 5.74) is 2.71. The standard InChI is InChI=1S/C26H26N4O4S3/c1-17-14-29(15-18(2)34-17)37(32,33)22-11-7-8-19(12-22)24-20(13-23-25(31)28(3)26(35)36-23)16-30(27-24)21-9-5-4-6-10-21/h4-13,16-18H,14-15H2,1-3H3/b23-13-/t17-,18-/m0/s1. The summed E-state index contributed by atoms with van der Waals surface area (Å²) < 4.78 is 36.5. The number of likely N-dealkylation sites (N-methyl/N-ethyl adjacent to an activating group) is 1. The molecule has 2 aliphatic rings. The molecule has 0 unspecified atom stereocenters. The Hall–Kier alpha value is -2.83. The molecule has 0 aliphatic carbocycles. The molecule has 2 saturated heterocycles. The van der Waals surface area contributed by atoms with Gasteiger partial charge in [0.25, 0.3) is 5.91 Å². The lowest BCUT2D eigenvalue weighted by molar-refractivity contribution is -0.121. The molecule has 2 fully saturated rings. The molecular weight excluding hydrogens is 529 g/mol. The zero-order chi connectivity index (χ0) is 26.3. The number of carbonyl (C=O) groups is 1. The first-order chi connectivity index (χ1) is 17.6. The van der Waals surface area contributed by atoms with Gasteiger partial charge in [-0.25, -0.2) is 13.1 Å². The van der Waals surface area contributed by atoms with Gasteiger partial charge in [0.2, 0.25) is 10.0 Å². The molecule has 0 N–H and O–H groups in total. The van der Waals surface area contributed by atoms with Crippen LogP contribution in [0.2, 0.25) is 0 Å². The number of benzene rings is 2. The van der Waals surface area contributed by atoms with Crippen molar-refractivity contribution >= 4 is 50.3 Å². The molecule has 3 aromatic rings. The van der Waals surface area contributed by atoms with Gasteiger partial charge in [0.05, 0.1) is 27.7 Å². The SMILES string of the molecule is C[C@H]1CN(S(=O)(=O)c2cccc(-c3nn(-c4ccccc4)cc3/C=C3\SC(=S)N(C)C3=O)c2)C[C@H](C)O1. The molecule has 8 nitrogen and oxygen atoms in total. The van der Waals surface area contributed by atoms with Crippen molar-refractivity contribution in [3.63, 3.8) is 0 Å². The van der Waals surface area contributed by atoms with Gasteiger partial charge in [-0.3, -0.25) is 9.69 Å². The molecular formula is C26H26N4O4S3. The molecule has 2 aliphatic heterocycles. The van der Waals surface area contributed by atoms with Gasteiger partial charge in [0, 0.05) is 37.5 Å². The summed E-state index contributed by atoms with van der Waals surface area (Å²) >= 11 is 6.51. The van der Waals surface area contributed by atoms with E-state index in [1.165, 1.54) is 21.0 Å². The number of hydrogen-bond acceptors (Lipinski definition) is 7. The van der Waals surface area contributed by atoms with Crippen LogP contribution in [-0.4, -0.2) is 70.0 Å². The predicted octanol–water partition coefficient (Wildman–Crippen LogP) is 4.17. The zero-order valence-corrected chi connectivity index (χ0v) is 23.0. The van der Waals surface area contributed by atoms with Crippen molar-refractivity contribution in [2.45, 2.75) is 31.0 Å². The molecule has 0 bridgehead atoms. The molecule has 11 heteroatoms. The zero-order valence-electron chi connectivity index (χ0n) is 20.6. The average molecular weight is 555 g/mol. The van der Waals surface area contributed by atoms with Gasteiger partial charge in [0.1, 0.15) is 10.0 Å². The Morgan fingerprint density at radius 1 is 1.08 bits per heavy atom. The largest absolute Gasteiger partial charge is 0.373 e. The van der Waals surface area contributed by atoms with Crippen molar-refractivity contribution in [1.82, 2.24) is 19.0 Å². The topological polar surface area (TPSA) is 84.7 Å². The summed E-state index contributed by atoms with van der Waals surface area (Å²) in [5.74, 6) is -0.180. The Balaban J connectivity index is 1.59. The molecule has 37 heavy (non-hydrogen) atoms. The quantitative estimate of drug-likeness (QED) is 0.346. The lowest BCUT2D eigenvalue weighted by Crippen LogP contribution is -2.48. The third kappa shape index (κ3) is 5.14. The van der Waals surface area contributed by atoms with E-state index in [9.17, 15) is 13.2 Å². The van der Waals surface area contributed by atoms with Crippen LogP contribution in [0.1, 0.15) is 19.4 Å². The van der Waals surface area contributed by atoms with E-state index in [2.05, 4.69) is 0 Å². The van der Waals surface area contributed by atoms with Gasteiger partial charge in [0.15, 0.2) is 0 Å². The predicted molar refractivity (Wildman–Crippen MR) is 149 cm³/mol. The van der Waals surface area contributed by atoms with E-state index in [4.69, 9.17) is 22.1 Å². The van der Waals surface area contributed by atoms with Crippen LogP contribution >= 0.6 is 24.0 Å². The number of sulfonamides is 1. The van der Waals surface area contributed by atoms with E-state index >= 15 is 0 Å². The molecule has 0 radical (unpaired) electrons. The van der Waals surface area contributed by atoms with Gasteiger partial charge in [-0.15, -0.1) is 0 Å². The lowest BCUT2D eigenvalue weighted by Gasteiger charge is -2.34. The average Bonchev–Trinajstić information content (AvgIpc) is 3.41. The first-order valence-electron chi connectivity index (χ1n) is 11.8. The minimum atomic E-state index is -3.74. The molecule has 0 spiro atoms. The summed E-state index contributed by atoms with van der Waals surface area (Å²) in [6.07, 6.45) is 3.22. The Bertz CT molecular complexity index is 1490. The normalized spacial score (nSPS) is 22.2. The molecule has 5 rings (SSSR count). The van der Waals surface area contributed by atoms with Crippen LogP contribution in [0.15, 0.2) is 70.6 Å². The Labute approximate surface area is 226 Å². The highest BCUT2D eigenvalue weighted by molar-refractivity contribution is 8.26. The van der Waals surface area contributed by atoms with E-state index in [1.807, 2.05) is 56.4 Å². The second kappa shape index (κ2) is 10.1. The van der Waals surface area contributed by atoms with Crippen molar-refractivity contribution in [3.05, 3.63) is 71.3 Å². The number of morpholine rings is 1. The van der Waals surface area contributed by atoms with Crippen LogP contribution in [0, 0.1) is 0 Å². The third-order valence-electron chi connectivity index (χ3n) is 6.17. The number of thiocarbonyl (C=S) groups is 1. The minimum Gasteiger partial charge on any atom is -0.373 e. The minimum absolute atomic E-state index is 0.180. The highest BCUT2D eigenvalue weighted by Gasteiger charge is 2.33. The fourth-order valence-electron chi connectivity index (χ4n) is 4.40. The van der Waals surface area contributed by atoms with E-state index in [1.54, 1.807) is 36.0 Å². The number of aromatic nitrogens is 2. The third-order valence-corrected chi connectivity index (χ3v) is 9.48. The maximum absolute atomic E-state index is 13.5. The van der Waals surface area contributed by atoms with Crippen LogP contribution in [0.5, 0.6) is 0 Å². The van der Waals surface area contributed by atoms with Gasteiger partial charge >= 0.3 is 0 Å².